The number of rotatable bonds is 6. The fourth-order valence-corrected chi connectivity index (χ4v) is 3.81. The Morgan fingerprint density at radius 3 is 2.80 bits per heavy atom. The number of nitrogens with zero attached hydrogens (tertiary/aromatic N) is 1. The Kier molecular flexibility index (Phi) is 5.89. The third kappa shape index (κ3) is 4.10. The van der Waals surface area contributed by atoms with Crippen molar-refractivity contribution in [3.63, 3.8) is 0 Å². The Hall–Kier alpha value is -3.47. The van der Waals surface area contributed by atoms with Crippen LogP contribution >= 0.6 is 0 Å². The maximum absolute atomic E-state index is 12.3. The number of benzene rings is 2. The van der Waals surface area contributed by atoms with Crippen molar-refractivity contribution in [1.29, 1.82) is 0 Å². The number of carbonyl (C=O) groups excluding carboxylic acids is 1. The molecule has 0 radical (unpaired) electrons. The quantitative estimate of drug-likeness (QED) is 0.522. The van der Waals surface area contributed by atoms with Gasteiger partial charge in [0.15, 0.2) is 0 Å². The predicted molar refractivity (Wildman–Crippen MR) is 117 cm³/mol. The van der Waals surface area contributed by atoms with Gasteiger partial charge in [-0.1, -0.05) is 24.3 Å². The van der Waals surface area contributed by atoms with E-state index in [0.717, 1.165) is 33.7 Å². The van der Waals surface area contributed by atoms with Crippen LogP contribution in [0.25, 0.3) is 17.2 Å². The fourth-order valence-electron chi connectivity index (χ4n) is 3.81. The first-order valence-electron chi connectivity index (χ1n) is 10.1. The smallest absolute Gasteiger partial charge is 0.333 e. The molecule has 0 saturated heterocycles. The Morgan fingerprint density at radius 2 is 2.03 bits per heavy atom. The number of ether oxygens (including phenoxy) is 2. The normalized spacial score (nSPS) is 13.3. The zero-order valence-electron chi connectivity index (χ0n) is 17.3. The largest absolute Gasteiger partial charge is 0.493 e. The Balaban J connectivity index is 1.78. The third-order valence-electron chi connectivity index (χ3n) is 5.25. The van der Waals surface area contributed by atoms with E-state index in [-0.39, 0.29) is 5.97 Å². The highest BCUT2D eigenvalue weighted by Gasteiger charge is 2.21. The summed E-state index contributed by atoms with van der Waals surface area (Å²) in [5.41, 5.74) is 5.90. The first-order valence-corrected chi connectivity index (χ1v) is 10.1. The van der Waals surface area contributed by atoms with Crippen molar-refractivity contribution in [2.75, 3.05) is 25.2 Å². The summed E-state index contributed by atoms with van der Waals surface area (Å²) >= 11 is 0. The number of methoxy groups -OCH3 is 1. The molecule has 3 aromatic rings. The van der Waals surface area contributed by atoms with Crippen LogP contribution in [-0.2, 0) is 16.1 Å². The van der Waals surface area contributed by atoms with Crippen LogP contribution in [0.5, 0.6) is 5.75 Å². The predicted octanol–water partition coefficient (Wildman–Crippen LogP) is 5.31. The molecular formula is C25H25NO4. The van der Waals surface area contributed by atoms with E-state index in [2.05, 4.69) is 29.2 Å². The molecule has 4 rings (SSSR count). The first kappa shape index (κ1) is 19.8. The van der Waals surface area contributed by atoms with Gasteiger partial charge in [-0.05, 0) is 54.8 Å². The Labute approximate surface area is 176 Å². The molecule has 5 heteroatoms. The number of carbonyl (C=O) groups is 1. The molecule has 0 fully saturated rings. The monoisotopic (exact) mass is 403 g/mol. The summed E-state index contributed by atoms with van der Waals surface area (Å²) in [6.45, 7) is 4.01. The summed E-state index contributed by atoms with van der Waals surface area (Å²) in [7, 11) is 1.42. The molecule has 2 aromatic carbocycles. The molecule has 30 heavy (non-hydrogen) atoms. The lowest BCUT2D eigenvalue weighted by Crippen LogP contribution is -2.24. The van der Waals surface area contributed by atoms with Crippen LogP contribution in [0.2, 0.25) is 0 Å². The van der Waals surface area contributed by atoms with Crippen LogP contribution in [0.15, 0.2) is 71.0 Å². The van der Waals surface area contributed by atoms with Gasteiger partial charge in [0.05, 0.1) is 26.2 Å². The van der Waals surface area contributed by atoms with Crippen LogP contribution in [0.4, 0.5) is 5.69 Å². The molecule has 1 aliphatic rings. The minimum atomic E-state index is -0.286. The summed E-state index contributed by atoms with van der Waals surface area (Å²) in [6.07, 6.45) is 6.00. The van der Waals surface area contributed by atoms with Gasteiger partial charge >= 0.3 is 5.97 Å². The van der Waals surface area contributed by atoms with Crippen molar-refractivity contribution in [2.24, 2.45) is 0 Å². The Bertz CT molecular complexity index is 1050. The van der Waals surface area contributed by atoms with E-state index in [9.17, 15) is 4.79 Å². The molecule has 0 amide bonds. The second-order valence-corrected chi connectivity index (χ2v) is 7.17. The van der Waals surface area contributed by atoms with Gasteiger partial charge in [-0.3, -0.25) is 0 Å². The number of para-hydroxylation sites is 1. The van der Waals surface area contributed by atoms with Gasteiger partial charge in [0.2, 0.25) is 0 Å². The lowest BCUT2D eigenvalue weighted by molar-refractivity contribution is -0.136. The SMILES string of the molecule is CCOc1ccccc1-c1ccc2c(c1)C=C(C(=O)OC)CCN2Cc1ccoc1. The average molecular weight is 403 g/mol. The lowest BCUT2D eigenvalue weighted by atomic mass is 9.99. The molecule has 0 aliphatic carbocycles. The highest BCUT2D eigenvalue weighted by Crippen LogP contribution is 2.36. The minimum absolute atomic E-state index is 0.286. The standard InChI is InChI=1S/C25H25NO4/c1-3-30-24-7-5-4-6-22(24)19-8-9-23-21(14-19)15-20(25(27)28-2)10-12-26(23)16-18-11-13-29-17-18/h4-9,11,13-15,17H,3,10,12,16H2,1-2H3. The second-order valence-electron chi connectivity index (χ2n) is 7.17. The molecule has 154 valence electrons. The molecular weight excluding hydrogens is 378 g/mol. The van der Waals surface area contributed by atoms with E-state index in [4.69, 9.17) is 13.9 Å². The average Bonchev–Trinajstić information content (AvgIpc) is 3.22. The summed E-state index contributed by atoms with van der Waals surface area (Å²) in [6, 6.07) is 16.3. The van der Waals surface area contributed by atoms with Gasteiger partial charge in [-0.25, -0.2) is 4.79 Å². The van der Waals surface area contributed by atoms with E-state index in [1.165, 1.54) is 7.11 Å². The minimum Gasteiger partial charge on any atom is -0.493 e. The van der Waals surface area contributed by atoms with Gasteiger partial charge in [0, 0.05) is 35.5 Å². The highest BCUT2D eigenvalue weighted by atomic mass is 16.5. The molecule has 0 unspecified atom stereocenters. The van der Waals surface area contributed by atoms with Crippen molar-refractivity contribution in [3.8, 4) is 16.9 Å². The first-order chi connectivity index (χ1) is 14.7. The van der Waals surface area contributed by atoms with Gasteiger partial charge in [0.1, 0.15) is 5.75 Å². The van der Waals surface area contributed by atoms with Crippen LogP contribution in [0.3, 0.4) is 0 Å². The van der Waals surface area contributed by atoms with E-state index in [1.54, 1.807) is 12.5 Å². The molecule has 0 spiro atoms. The van der Waals surface area contributed by atoms with Crippen LogP contribution in [0.1, 0.15) is 24.5 Å². The number of esters is 1. The van der Waals surface area contributed by atoms with Crippen molar-refractivity contribution in [3.05, 3.63) is 77.8 Å². The van der Waals surface area contributed by atoms with Gasteiger partial charge < -0.3 is 18.8 Å². The number of hydrogen-bond acceptors (Lipinski definition) is 5. The third-order valence-corrected chi connectivity index (χ3v) is 5.25. The number of anilines is 1. The summed E-state index contributed by atoms with van der Waals surface area (Å²) in [5.74, 6) is 0.562. The van der Waals surface area contributed by atoms with E-state index in [1.807, 2.05) is 37.3 Å². The van der Waals surface area contributed by atoms with Crippen molar-refractivity contribution < 1.29 is 18.7 Å². The van der Waals surface area contributed by atoms with Crippen LogP contribution in [-0.4, -0.2) is 26.2 Å². The van der Waals surface area contributed by atoms with Crippen LogP contribution < -0.4 is 9.64 Å². The molecule has 0 bridgehead atoms. The summed E-state index contributed by atoms with van der Waals surface area (Å²) in [4.78, 5) is 14.6. The van der Waals surface area contributed by atoms with E-state index in [0.29, 0.717) is 31.7 Å². The number of hydrogen-bond donors (Lipinski definition) is 0. The second kappa shape index (κ2) is 8.91. The number of furan rings is 1. The van der Waals surface area contributed by atoms with Crippen LogP contribution in [0, 0.1) is 0 Å². The molecule has 5 nitrogen and oxygen atoms in total. The maximum Gasteiger partial charge on any atom is 0.333 e. The number of fused-ring (bicyclic) bond motifs is 1. The zero-order chi connectivity index (χ0) is 20.9. The van der Waals surface area contributed by atoms with Gasteiger partial charge in [-0.15, -0.1) is 0 Å². The van der Waals surface area contributed by atoms with E-state index >= 15 is 0 Å². The van der Waals surface area contributed by atoms with Crippen molar-refractivity contribution >= 4 is 17.7 Å². The topological polar surface area (TPSA) is 51.9 Å². The molecule has 0 atom stereocenters. The molecule has 2 heterocycles. The van der Waals surface area contributed by atoms with Gasteiger partial charge in [-0.2, -0.15) is 0 Å². The summed E-state index contributed by atoms with van der Waals surface area (Å²) < 4.78 is 16.1. The van der Waals surface area contributed by atoms with Gasteiger partial charge in [0.25, 0.3) is 0 Å². The highest BCUT2D eigenvalue weighted by molar-refractivity contribution is 5.96. The Morgan fingerprint density at radius 1 is 1.17 bits per heavy atom. The lowest BCUT2D eigenvalue weighted by Gasteiger charge is -2.25. The molecule has 0 N–H and O–H groups in total. The molecule has 0 saturated carbocycles. The van der Waals surface area contributed by atoms with E-state index < -0.39 is 0 Å². The summed E-state index contributed by atoms with van der Waals surface area (Å²) in [5, 5.41) is 0. The van der Waals surface area contributed by atoms with Crippen molar-refractivity contribution in [1.82, 2.24) is 0 Å². The molecule has 1 aliphatic heterocycles. The maximum atomic E-state index is 12.3. The zero-order valence-corrected chi connectivity index (χ0v) is 17.3. The van der Waals surface area contributed by atoms with Crippen molar-refractivity contribution in [2.45, 2.75) is 19.9 Å². The fraction of sp³-hybridized carbons (Fsp3) is 0.240. The molecule has 1 aromatic heterocycles.